The van der Waals surface area contributed by atoms with Gasteiger partial charge in [0.2, 0.25) is 0 Å². The molecule has 2 aromatic carbocycles. The number of nitrogens with zero attached hydrogens (tertiary/aromatic N) is 4. The van der Waals surface area contributed by atoms with Crippen molar-refractivity contribution in [3.05, 3.63) is 59.7 Å². The highest BCUT2D eigenvalue weighted by Crippen LogP contribution is 2.35. The Hall–Kier alpha value is -2.90. The summed E-state index contributed by atoms with van der Waals surface area (Å²) in [6.45, 7) is 10.0. The van der Waals surface area contributed by atoms with Crippen molar-refractivity contribution in [2.24, 2.45) is 5.10 Å². The maximum Gasteiger partial charge on any atom is 0.257 e. The van der Waals surface area contributed by atoms with Gasteiger partial charge >= 0.3 is 0 Å². The van der Waals surface area contributed by atoms with Gasteiger partial charge in [-0.15, -0.1) is 0 Å². The average molecular weight is 451 g/mol. The maximum absolute atomic E-state index is 13.5. The van der Waals surface area contributed by atoms with Crippen molar-refractivity contribution in [1.82, 2.24) is 14.8 Å². The van der Waals surface area contributed by atoms with E-state index in [1.807, 2.05) is 55.5 Å². The number of hydrogen-bond donors (Lipinski definition) is 0. The van der Waals surface area contributed by atoms with Crippen molar-refractivity contribution in [2.45, 2.75) is 26.3 Å². The van der Waals surface area contributed by atoms with Crippen LogP contribution in [0.5, 0.6) is 11.5 Å². The number of hydrazone groups is 1. The summed E-state index contributed by atoms with van der Waals surface area (Å²) in [5.41, 5.74) is 2.86. The van der Waals surface area contributed by atoms with E-state index in [4.69, 9.17) is 14.6 Å². The molecule has 7 nitrogen and oxygen atoms in total. The SMILES string of the molecule is CCOc1ccc(C2CC(c3ccccc3OC)=NN2C(=O)CN2CCN(CC)CC2)cc1. The highest BCUT2D eigenvalue weighted by atomic mass is 16.5. The van der Waals surface area contributed by atoms with E-state index in [9.17, 15) is 4.79 Å². The van der Waals surface area contributed by atoms with Crippen LogP contribution in [0.4, 0.5) is 0 Å². The summed E-state index contributed by atoms with van der Waals surface area (Å²) < 4.78 is 11.2. The van der Waals surface area contributed by atoms with Gasteiger partial charge in [-0.25, -0.2) is 5.01 Å². The fourth-order valence-electron chi connectivity index (χ4n) is 4.53. The van der Waals surface area contributed by atoms with Crippen molar-refractivity contribution in [3.63, 3.8) is 0 Å². The molecule has 2 aromatic rings. The number of rotatable bonds is 8. The molecule has 0 aromatic heterocycles. The first-order valence-corrected chi connectivity index (χ1v) is 11.8. The summed E-state index contributed by atoms with van der Waals surface area (Å²) >= 11 is 0. The van der Waals surface area contributed by atoms with E-state index in [0.717, 1.165) is 61.1 Å². The summed E-state index contributed by atoms with van der Waals surface area (Å²) in [6.07, 6.45) is 0.643. The van der Waals surface area contributed by atoms with Crippen molar-refractivity contribution < 1.29 is 14.3 Å². The number of likely N-dealkylation sites (N-methyl/N-ethyl adjacent to an activating group) is 1. The summed E-state index contributed by atoms with van der Waals surface area (Å²) in [5.74, 6) is 1.63. The van der Waals surface area contributed by atoms with Crippen molar-refractivity contribution in [3.8, 4) is 11.5 Å². The molecule has 0 saturated carbocycles. The van der Waals surface area contributed by atoms with Crippen LogP contribution in [0.25, 0.3) is 0 Å². The van der Waals surface area contributed by atoms with Crippen LogP contribution in [0, 0.1) is 0 Å². The zero-order chi connectivity index (χ0) is 23.2. The first-order valence-electron chi connectivity index (χ1n) is 11.8. The standard InChI is InChI=1S/C26H34N4O3/c1-4-28-14-16-29(17-15-28)19-26(31)30-24(20-10-12-21(13-11-20)33-5-2)18-23(27-30)22-8-6-7-9-25(22)32-3/h6-13,24H,4-5,14-19H2,1-3H3. The van der Waals surface area contributed by atoms with E-state index in [0.29, 0.717) is 19.6 Å². The molecule has 4 rings (SSSR count). The Morgan fingerprint density at radius 2 is 1.70 bits per heavy atom. The Bertz CT molecular complexity index is 968. The van der Waals surface area contributed by atoms with Gasteiger partial charge in [0.15, 0.2) is 0 Å². The Labute approximate surface area is 196 Å². The molecule has 176 valence electrons. The van der Waals surface area contributed by atoms with Crippen LogP contribution < -0.4 is 9.47 Å². The van der Waals surface area contributed by atoms with Gasteiger partial charge in [0.05, 0.1) is 32.0 Å². The number of ether oxygens (including phenoxy) is 2. The number of piperazine rings is 1. The Morgan fingerprint density at radius 1 is 1.00 bits per heavy atom. The molecular weight excluding hydrogens is 416 g/mol. The normalized spacial score (nSPS) is 19.4. The molecule has 7 heteroatoms. The highest BCUT2D eigenvalue weighted by molar-refractivity contribution is 6.05. The second kappa shape index (κ2) is 10.8. The topological polar surface area (TPSA) is 57.6 Å². The number of amides is 1. The van der Waals surface area contributed by atoms with E-state index in [1.54, 1.807) is 12.1 Å². The molecule has 0 spiro atoms. The number of carbonyl (C=O) groups excluding carboxylic acids is 1. The molecule has 1 amide bonds. The minimum atomic E-state index is -0.148. The van der Waals surface area contributed by atoms with Crippen LogP contribution in [0.3, 0.4) is 0 Å². The van der Waals surface area contributed by atoms with Gasteiger partial charge < -0.3 is 14.4 Å². The largest absolute Gasteiger partial charge is 0.496 e. The highest BCUT2D eigenvalue weighted by Gasteiger charge is 2.35. The second-order valence-corrected chi connectivity index (χ2v) is 8.42. The molecule has 0 radical (unpaired) electrons. The van der Waals surface area contributed by atoms with E-state index < -0.39 is 0 Å². The molecule has 0 N–H and O–H groups in total. The monoisotopic (exact) mass is 450 g/mol. The number of benzene rings is 2. The van der Waals surface area contributed by atoms with Gasteiger partial charge in [-0.2, -0.15) is 5.10 Å². The molecular formula is C26H34N4O3. The fraction of sp³-hybridized carbons (Fsp3) is 0.462. The van der Waals surface area contributed by atoms with E-state index in [2.05, 4.69) is 16.7 Å². The average Bonchev–Trinajstić information content (AvgIpc) is 3.31. The molecule has 33 heavy (non-hydrogen) atoms. The predicted molar refractivity (Wildman–Crippen MR) is 130 cm³/mol. The third kappa shape index (κ3) is 5.37. The smallest absolute Gasteiger partial charge is 0.257 e. The summed E-state index contributed by atoms with van der Waals surface area (Å²) in [5, 5.41) is 6.52. The van der Waals surface area contributed by atoms with Crippen LogP contribution >= 0.6 is 0 Å². The second-order valence-electron chi connectivity index (χ2n) is 8.42. The zero-order valence-corrected chi connectivity index (χ0v) is 19.9. The van der Waals surface area contributed by atoms with Gasteiger partial charge in [-0.1, -0.05) is 31.2 Å². The van der Waals surface area contributed by atoms with Crippen molar-refractivity contribution in [2.75, 3.05) is 53.0 Å². The fourth-order valence-corrected chi connectivity index (χ4v) is 4.53. The Morgan fingerprint density at radius 3 is 2.36 bits per heavy atom. The van der Waals surface area contributed by atoms with Gasteiger partial charge in [-0.05, 0) is 43.3 Å². The van der Waals surface area contributed by atoms with Gasteiger partial charge in [0.1, 0.15) is 11.5 Å². The Balaban J connectivity index is 1.57. The first-order chi connectivity index (χ1) is 16.1. The van der Waals surface area contributed by atoms with Crippen LogP contribution in [0.15, 0.2) is 53.6 Å². The minimum absolute atomic E-state index is 0.0312. The number of carbonyl (C=O) groups is 1. The third-order valence-electron chi connectivity index (χ3n) is 6.43. The van der Waals surface area contributed by atoms with Gasteiger partial charge in [-0.3, -0.25) is 9.69 Å². The lowest BCUT2D eigenvalue weighted by Crippen LogP contribution is -2.49. The van der Waals surface area contributed by atoms with E-state index in [-0.39, 0.29) is 11.9 Å². The zero-order valence-electron chi connectivity index (χ0n) is 19.9. The molecule has 1 atom stereocenters. The lowest BCUT2D eigenvalue weighted by molar-refractivity contribution is -0.134. The van der Waals surface area contributed by atoms with Crippen LogP contribution in [-0.2, 0) is 4.79 Å². The van der Waals surface area contributed by atoms with E-state index in [1.165, 1.54) is 0 Å². The molecule has 0 aliphatic carbocycles. The van der Waals surface area contributed by atoms with Crippen LogP contribution in [-0.4, -0.2) is 79.4 Å². The molecule has 2 heterocycles. The van der Waals surface area contributed by atoms with E-state index >= 15 is 0 Å². The van der Waals surface area contributed by atoms with Gasteiger partial charge in [0.25, 0.3) is 5.91 Å². The van der Waals surface area contributed by atoms with Crippen molar-refractivity contribution in [1.29, 1.82) is 0 Å². The van der Waals surface area contributed by atoms with Crippen LogP contribution in [0.2, 0.25) is 0 Å². The molecule has 0 bridgehead atoms. The summed E-state index contributed by atoms with van der Waals surface area (Å²) in [4.78, 5) is 18.1. The Kier molecular flexibility index (Phi) is 7.62. The predicted octanol–water partition coefficient (Wildman–Crippen LogP) is 3.41. The van der Waals surface area contributed by atoms with Gasteiger partial charge in [0, 0.05) is 38.2 Å². The number of methoxy groups -OCH3 is 1. The first kappa shape index (κ1) is 23.3. The third-order valence-corrected chi connectivity index (χ3v) is 6.43. The quantitative estimate of drug-likeness (QED) is 0.617. The molecule has 2 aliphatic heterocycles. The van der Waals surface area contributed by atoms with Crippen molar-refractivity contribution >= 4 is 11.6 Å². The molecule has 1 saturated heterocycles. The molecule has 1 fully saturated rings. The lowest BCUT2D eigenvalue weighted by Gasteiger charge is -2.34. The maximum atomic E-state index is 13.5. The summed E-state index contributed by atoms with van der Waals surface area (Å²) in [6, 6.07) is 15.7. The number of para-hydroxylation sites is 1. The lowest BCUT2D eigenvalue weighted by atomic mass is 9.98. The summed E-state index contributed by atoms with van der Waals surface area (Å²) in [7, 11) is 1.66. The van der Waals surface area contributed by atoms with Crippen LogP contribution in [0.1, 0.15) is 37.4 Å². The number of hydrogen-bond acceptors (Lipinski definition) is 6. The molecule has 1 unspecified atom stereocenters. The molecule has 2 aliphatic rings. The minimum Gasteiger partial charge on any atom is -0.496 e.